The number of methoxy groups -OCH3 is 1. The van der Waals surface area contributed by atoms with Crippen molar-refractivity contribution in [2.24, 2.45) is 0 Å². The lowest BCUT2D eigenvalue weighted by atomic mass is 10.1. The largest absolute Gasteiger partial charge is 0.493 e. The number of piperidine rings is 1. The molecule has 3 aromatic carbocycles. The Bertz CT molecular complexity index is 1840. The number of likely N-dealkylation sites (tertiary alicyclic amines) is 1. The third-order valence-electron chi connectivity index (χ3n) is 7.18. The number of amides is 1. The van der Waals surface area contributed by atoms with E-state index in [9.17, 15) is 4.79 Å². The molecule has 0 unspecified atom stereocenters. The Kier molecular flexibility index (Phi) is 8.04. The molecule has 1 saturated heterocycles. The number of carbonyl (C=O) groups is 1. The van der Waals surface area contributed by atoms with Gasteiger partial charge in [-0.2, -0.15) is 0 Å². The number of ether oxygens (including phenoxy) is 3. The Labute approximate surface area is 252 Å². The molecule has 0 aliphatic carbocycles. The van der Waals surface area contributed by atoms with E-state index in [1.165, 1.54) is 18.5 Å². The van der Waals surface area contributed by atoms with Gasteiger partial charge in [-0.05, 0) is 42.5 Å². The predicted molar refractivity (Wildman–Crippen MR) is 161 cm³/mol. The summed E-state index contributed by atoms with van der Waals surface area (Å²) in [5.41, 5.74) is 1.48. The van der Waals surface area contributed by atoms with Gasteiger partial charge in [-0.25, -0.2) is 14.4 Å². The lowest BCUT2D eigenvalue weighted by Gasteiger charge is -2.31. The van der Waals surface area contributed by atoms with Crippen LogP contribution in [0.2, 0.25) is 0 Å². The molecule has 1 N–H and O–H groups in total. The highest BCUT2D eigenvalue weighted by atomic mass is 19.1. The minimum Gasteiger partial charge on any atom is -0.493 e. The van der Waals surface area contributed by atoms with E-state index in [4.69, 9.17) is 18.6 Å². The van der Waals surface area contributed by atoms with E-state index in [1.54, 1.807) is 61.4 Å². The summed E-state index contributed by atoms with van der Waals surface area (Å²) in [6.45, 7) is 6.42. The van der Waals surface area contributed by atoms with Crippen LogP contribution in [0.25, 0.3) is 22.4 Å². The number of aryl methyl sites for hydroxylation is 1. The first-order valence-electron chi connectivity index (χ1n) is 14.0. The van der Waals surface area contributed by atoms with E-state index in [0.29, 0.717) is 83.0 Å². The summed E-state index contributed by atoms with van der Waals surface area (Å²) < 4.78 is 38.6. The van der Waals surface area contributed by atoms with E-state index >= 15 is 4.39 Å². The summed E-state index contributed by atoms with van der Waals surface area (Å²) >= 11 is 0. The van der Waals surface area contributed by atoms with Gasteiger partial charge in [0.25, 0.3) is 0 Å². The fraction of sp³-hybridized carbons (Fsp3) is 0.219. The first-order valence-corrected chi connectivity index (χ1v) is 14.0. The molecular formula is C32H29FN6O5. The van der Waals surface area contributed by atoms with Crippen LogP contribution in [-0.2, 0) is 4.79 Å². The van der Waals surface area contributed by atoms with Crippen LogP contribution in [0, 0.1) is 12.7 Å². The van der Waals surface area contributed by atoms with Gasteiger partial charge in [0.15, 0.2) is 11.5 Å². The lowest BCUT2D eigenvalue weighted by molar-refractivity contribution is -0.127. The molecule has 0 saturated carbocycles. The van der Waals surface area contributed by atoms with Crippen molar-refractivity contribution in [3.8, 4) is 34.5 Å². The molecule has 11 nitrogen and oxygen atoms in total. The van der Waals surface area contributed by atoms with Crippen LogP contribution in [0.3, 0.4) is 0 Å². The van der Waals surface area contributed by atoms with E-state index in [1.807, 2.05) is 6.07 Å². The van der Waals surface area contributed by atoms with Gasteiger partial charge in [0.05, 0.1) is 18.3 Å². The normalized spacial score (nSPS) is 13.5. The number of benzene rings is 3. The van der Waals surface area contributed by atoms with Crippen LogP contribution in [0.15, 0.2) is 78.0 Å². The smallest absolute Gasteiger partial charge is 0.247 e. The summed E-state index contributed by atoms with van der Waals surface area (Å²) in [5, 5.41) is 11.6. The zero-order valence-electron chi connectivity index (χ0n) is 24.1. The highest BCUT2D eigenvalue weighted by molar-refractivity contribution is 5.93. The number of anilines is 2. The number of carbonyl (C=O) groups excluding carboxylic acids is 1. The summed E-state index contributed by atoms with van der Waals surface area (Å²) in [7, 11) is 1.56. The zero-order valence-corrected chi connectivity index (χ0v) is 24.1. The molecule has 0 spiro atoms. The molecule has 6 rings (SSSR count). The van der Waals surface area contributed by atoms with Crippen LogP contribution in [-0.4, -0.2) is 57.3 Å². The van der Waals surface area contributed by atoms with Crippen LogP contribution in [0.5, 0.6) is 23.0 Å². The standard InChI is InChI=1S/C32H29FN6O5/c1-4-30(40)39-12-10-21(11-13-39)44-29-16-24-27(17-28(29)41-3)34-18-35-31(24)36-26-9-8-23(15-25(26)33)43-22-7-5-6-20(14-22)32-38-37-19(2)42-32/h4-9,14-18,21H,1,10-13H2,2-3H3,(H,34,35,36). The number of aromatic nitrogens is 4. The van der Waals surface area contributed by atoms with Crippen molar-refractivity contribution in [2.75, 3.05) is 25.5 Å². The maximum absolute atomic E-state index is 15.3. The van der Waals surface area contributed by atoms with Crippen molar-refractivity contribution < 1.29 is 27.8 Å². The van der Waals surface area contributed by atoms with Crippen LogP contribution >= 0.6 is 0 Å². The third kappa shape index (κ3) is 6.14. The SMILES string of the molecule is C=CC(=O)N1CCC(Oc2cc3c(Nc4ccc(Oc5cccc(-c6nnc(C)o6)c5)cc4F)ncnc3cc2OC)CC1. The quantitative estimate of drug-likeness (QED) is 0.196. The molecule has 0 atom stereocenters. The Morgan fingerprint density at radius 1 is 1.07 bits per heavy atom. The molecule has 2 aromatic heterocycles. The molecule has 224 valence electrons. The van der Waals surface area contributed by atoms with E-state index < -0.39 is 5.82 Å². The number of fused-ring (bicyclic) bond motifs is 1. The summed E-state index contributed by atoms with van der Waals surface area (Å²) in [4.78, 5) is 22.4. The summed E-state index contributed by atoms with van der Waals surface area (Å²) in [6, 6.07) is 15.1. The molecule has 44 heavy (non-hydrogen) atoms. The zero-order chi connectivity index (χ0) is 30.6. The second kappa shape index (κ2) is 12.4. The Morgan fingerprint density at radius 3 is 2.61 bits per heavy atom. The lowest BCUT2D eigenvalue weighted by Crippen LogP contribution is -2.41. The Balaban J connectivity index is 1.20. The second-order valence-electron chi connectivity index (χ2n) is 10.1. The van der Waals surface area contributed by atoms with Gasteiger partial charge in [-0.1, -0.05) is 12.6 Å². The molecule has 12 heteroatoms. The van der Waals surface area contributed by atoms with Gasteiger partial charge in [-0.15, -0.1) is 10.2 Å². The number of nitrogens with one attached hydrogen (secondary N) is 1. The van der Waals surface area contributed by atoms with Crippen LogP contribution in [0.1, 0.15) is 18.7 Å². The molecule has 1 fully saturated rings. The van der Waals surface area contributed by atoms with Crippen molar-refractivity contribution in [1.29, 1.82) is 0 Å². The highest BCUT2D eigenvalue weighted by Gasteiger charge is 2.24. The fourth-order valence-corrected chi connectivity index (χ4v) is 4.95. The van der Waals surface area contributed by atoms with Crippen molar-refractivity contribution in [1.82, 2.24) is 25.1 Å². The number of hydrogen-bond donors (Lipinski definition) is 1. The average Bonchev–Trinajstić information content (AvgIpc) is 3.48. The minimum absolute atomic E-state index is 0.0870. The molecule has 1 amide bonds. The van der Waals surface area contributed by atoms with Gasteiger partial charge < -0.3 is 28.8 Å². The monoisotopic (exact) mass is 596 g/mol. The molecule has 0 bridgehead atoms. The third-order valence-corrected chi connectivity index (χ3v) is 7.18. The first-order chi connectivity index (χ1) is 21.4. The Morgan fingerprint density at radius 2 is 1.89 bits per heavy atom. The highest BCUT2D eigenvalue weighted by Crippen LogP contribution is 2.37. The first kappa shape index (κ1) is 28.6. The number of rotatable bonds is 9. The van der Waals surface area contributed by atoms with Gasteiger partial charge in [-0.3, -0.25) is 4.79 Å². The molecule has 1 aliphatic heterocycles. The number of nitrogens with zero attached hydrogens (tertiary/aromatic N) is 5. The number of halogens is 1. The molecule has 5 aromatic rings. The fourth-order valence-electron chi connectivity index (χ4n) is 4.95. The van der Waals surface area contributed by atoms with E-state index in [-0.39, 0.29) is 17.7 Å². The van der Waals surface area contributed by atoms with Crippen molar-refractivity contribution in [2.45, 2.75) is 25.9 Å². The Hall–Kier alpha value is -5.52. The predicted octanol–water partition coefficient (Wildman–Crippen LogP) is 6.23. The average molecular weight is 597 g/mol. The van der Waals surface area contributed by atoms with Crippen molar-refractivity contribution in [3.05, 3.63) is 85.3 Å². The molecular weight excluding hydrogens is 567 g/mol. The maximum Gasteiger partial charge on any atom is 0.247 e. The maximum atomic E-state index is 15.3. The molecule has 3 heterocycles. The minimum atomic E-state index is -0.538. The molecule has 0 radical (unpaired) electrons. The van der Waals surface area contributed by atoms with Gasteiger partial charge in [0.1, 0.15) is 35.6 Å². The van der Waals surface area contributed by atoms with Crippen molar-refractivity contribution in [3.63, 3.8) is 0 Å². The van der Waals surface area contributed by atoms with Crippen LogP contribution in [0.4, 0.5) is 15.9 Å². The van der Waals surface area contributed by atoms with Gasteiger partial charge in [0, 0.05) is 55.9 Å². The van der Waals surface area contributed by atoms with Gasteiger partial charge >= 0.3 is 0 Å². The number of hydrogen-bond acceptors (Lipinski definition) is 10. The van der Waals surface area contributed by atoms with Crippen LogP contribution < -0.4 is 19.5 Å². The van der Waals surface area contributed by atoms with Gasteiger partial charge in [0.2, 0.25) is 17.7 Å². The topological polar surface area (TPSA) is 125 Å². The molecule has 1 aliphatic rings. The van der Waals surface area contributed by atoms with E-state index in [2.05, 4.69) is 32.1 Å². The second-order valence-corrected chi connectivity index (χ2v) is 10.1. The van der Waals surface area contributed by atoms with Crippen molar-refractivity contribution >= 4 is 28.3 Å². The summed E-state index contributed by atoms with van der Waals surface area (Å²) in [5.74, 6) is 2.40. The van der Waals surface area contributed by atoms with E-state index in [0.717, 1.165) is 0 Å². The summed E-state index contributed by atoms with van der Waals surface area (Å²) in [6.07, 6.45) is 3.93.